The number of rotatable bonds is 3. The van der Waals surface area contributed by atoms with Crippen LogP contribution >= 0.6 is 23.4 Å². The summed E-state index contributed by atoms with van der Waals surface area (Å²) in [5.41, 5.74) is 4.06. The summed E-state index contributed by atoms with van der Waals surface area (Å²) in [6.45, 7) is 2.18. The second-order valence-corrected chi connectivity index (χ2v) is 6.61. The molecule has 1 nitrogen and oxygen atoms in total. The molecule has 1 aliphatic rings. The first-order valence-corrected chi connectivity index (χ1v) is 8.45. The molecule has 0 aliphatic carbocycles. The summed E-state index contributed by atoms with van der Waals surface area (Å²) in [4.78, 5) is 0. The van der Waals surface area contributed by atoms with Crippen LogP contribution in [0.2, 0.25) is 5.02 Å². The number of hydrogen-bond donors (Lipinski definition) is 1. The normalized spacial score (nSPS) is 19.4. The maximum absolute atomic E-state index is 6.29. The minimum absolute atomic E-state index is 0.250. The first kappa shape index (κ1) is 14.0. The van der Waals surface area contributed by atoms with E-state index in [0.717, 1.165) is 16.5 Å². The summed E-state index contributed by atoms with van der Waals surface area (Å²) in [6.07, 6.45) is 0. The van der Waals surface area contributed by atoms with E-state index >= 15 is 0 Å². The first-order chi connectivity index (χ1) is 9.75. The lowest BCUT2D eigenvalue weighted by Crippen LogP contribution is -2.29. The van der Waals surface area contributed by atoms with Crippen LogP contribution in [-0.4, -0.2) is 5.75 Å². The van der Waals surface area contributed by atoms with Crippen LogP contribution in [0.1, 0.15) is 35.7 Å². The van der Waals surface area contributed by atoms with Crippen molar-refractivity contribution in [3.8, 4) is 0 Å². The fraction of sp³-hybridized carbons (Fsp3) is 0.294. The molecule has 2 atom stereocenters. The number of thioether (sulfide) groups is 1. The van der Waals surface area contributed by atoms with E-state index < -0.39 is 0 Å². The zero-order valence-corrected chi connectivity index (χ0v) is 13.0. The lowest BCUT2D eigenvalue weighted by Gasteiger charge is -2.29. The molecule has 1 aliphatic heterocycles. The van der Waals surface area contributed by atoms with Gasteiger partial charge in [-0.3, -0.25) is 0 Å². The monoisotopic (exact) mass is 303 g/mol. The average Bonchev–Trinajstić information content (AvgIpc) is 2.48. The molecule has 1 N–H and O–H groups in total. The lowest BCUT2D eigenvalue weighted by molar-refractivity contribution is 0.496. The third-order valence-electron chi connectivity index (χ3n) is 3.80. The molecule has 0 amide bonds. The highest BCUT2D eigenvalue weighted by Crippen LogP contribution is 2.33. The Morgan fingerprint density at radius 2 is 1.90 bits per heavy atom. The van der Waals surface area contributed by atoms with E-state index in [2.05, 4.69) is 42.6 Å². The highest BCUT2D eigenvalue weighted by atomic mass is 35.5. The molecular weight excluding hydrogens is 286 g/mol. The Morgan fingerprint density at radius 1 is 1.15 bits per heavy atom. The standard InChI is InChI=1S/C17H18ClNS/c1-12(14-7-4-5-9-16(14)18)19-17-11-20-10-13-6-2-3-8-15(13)17/h2-9,12,17,19H,10-11H2,1H3. The van der Waals surface area contributed by atoms with Gasteiger partial charge in [0.05, 0.1) is 0 Å². The predicted octanol–water partition coefficient (Wildman–Crippen LogP) is 4.98. The van der Waals surface area contributed by atoms with Crippen molar-refractivity contribution in [2.45, 2.75) is 24.8 Å². The van der Waals surface area contributed by atoms with Gasteiger partial charge in [0, 0.05) is 28.6 Å². The van der Waals surface area contributed by atoms with E-state index in [4.69, 9.17) is 11.6 Å². The summed E-state index contributed by atoms with van der Waals surface area (Å²) in [6, 6.07) is 17.5. The van der Waals surface area contributed by atoms with E-state index in [1.54, 1.807) is 0 Å². The Bertz CT molecular complexity index is 599. The fourth-order valence-electron chi connectivity index (χ4n) is 2.74. The zero-order chi connectivity index (χ0) is 13.9. The van der Waals surface area contributed by atoms with Gasteiger partial charge in [0.15, 0.2) is 0 Å². The highest BCUT2D eigenvalue weighted by molar-refractivity contribution is 7.98. The van der Waals surface area contributed by atoms with Crippen molar-refractivity contribution in [1.29, 1.82) is 0 Å². The van der Waals surface area contributed by atoms with Crippen molar-refractivity contribution in [2.75, 3.05) is 5.75 Å². The average molecular weight is 304 g/mol. The van der Waals surface area contributed by atoms with Crippen molar-refractivity contribution in [2.24, 2.45) is 0 Å². The number of fused-ring (bicyclic) bond motifs is 1. The topological polar surface area (TPSA) is 12.0 Å². The summed E-state index contributed by atoms with van der Waals surface area (Å²) in [7, 11) is 0. The molecule has 104 valence electrons. The van der Waals surface area contributed by atoms with Gasteiger partial charge in [0.2, 0.25) is 0 Å². The molecule has 0 saturated heterocycles. The van der Waals surface area contributed by atoms with Gasteiger partial charge in [0.25, 0.3) is 0 Å². The van der Waals surface area contributed by atoms with E-state index in [9.17, 15) is 0 Å². The van der Waals surface area contributed by atoms with Crippen LogP contribution in [-0.2, 0) is 5.75 Å². The van der Waals surface area contributed by atoms with E-state index in [-0.39, 0.29) is 6.04 Å². The Kier molecular flexibility index (Phi) is 4.35. The van der Waals surface area contributed by atoms with E-state index in [1.165, 1.54) is 16.7 Å². The predicted molar refractivity (Wildman–Crippen MR) is 88.3 cm³/mol. The fourth-order valence-corrected chi connectivity index (χ4v) is 4.15. The first-order valence-electron chi connectivity index (χ1n) is 6.91. The molecule has 20 heavy (non-hydrogen) atoms. The maximum Gasteiger partial charge on any atom is 0.0453 e. The second-order valence-electron chi connectivity index (χ2n) is 5.18. The minimum atomic E-state index is 0.250. The van der Waals surface area contributed by atoms with Gasteiger partial charge in [-0.25, -0.2) is 0 Å². The summed E-state index contributed by atoms with van der Waals surface area (Å²) >= 11 is 8.28. The van der Waals surface area contributed by atoms with Gasteiger partial charge >= 0.3 is 0 Å². The van der Waals surface area contributed by atoms with E-state index in [0.29, 0.717) is 6.04 Å². The molecule has 1 heterocycles. The third-order valence-corrected chi connectivity index (χ3v) is 5.22. The Balaban J connectivity index is 1.81. The van der Waals surface area contributed by atoms with Gasteiger partial charge < -0.3 is 5.32 Å². The van der Waals surface area contributed by atoms with Gasteiger partial charge in [0.1, 0.15) is 0 Å². The van der Waals surface area contributed by atoms with Crippen molar-refractivity contribution in [3.63, 3.8) is 0 Å². The third kappa shape index (κ3) is 2.88. The zero-order valence-electron chi connectivity index (χ0n) is 11.5. The Morgan fingerprint density at radius 3 is 2.75 bits per heavy atom. The molecule has 2 unspecified atom stereocenters. The molecule has 3 heteroatoms. The van der Waals surface area contributed by atoms with Crippen molar-refractivity contribution < 1.29 is 0 Å². The number of hydrogen-bond acceptors (Lipinski definition) is 2. The molecule has 3 rings (SSSR count). The molecule has 0 saturated carbocycles. The molecule has 2 aromatic rings. The Hall–Kier alpha value is -0.960. The smallest absolute Gasteiger partial charge is 0.0453 e. The Labute approximate surface area is 129 Å². The lowest BCUT2D eigenvalue weighted by atomic mass is 10.00. The number of benzene rings is 2. The van der Waals surface area contributed by atoms with E-state index in [1.807, 2.05) is 30.0 Å². The van der Waals surface area contributed by atoms with Crippen LogP contribution < -0.4 is 5.32 Å². The SMILES string of the molecule is CC(NC1CSCc2ccccc21)c1ccccc1Cl. The van der Waals surface area contributed by atoms with Crippen molar-refractivity contribution in [3.05, 3.63) is 70.2 Å². The highest BCUT2D eigenvalue weighted by Gasteiger charge is 2.22. The van der Waals surface area contributed by atoms with Gasteiger partial charge in [-0.15, -0.1) is 0 Å². The van der Waals surface area contributed by atoms with Crippen LogP contribution in [0, 0.1) is 0 Å². The van der Waals surface area contributed by atoms with Crippen LogP contribution in [0.25, 0.3) is 0 Å². The number of nitrogens with one attached hydrogen (secondary N) is 1. The molecule has 2 aromatic carbocycles. The molecule has 0 aromatic heterocycles. The second kappa shape index (κ2) is 6.21. The molecule has 0 bridgehead atoms. The summed E-state index contributed by atoms with van der Waals surface area (Å²) in [5.74, 6) is 2.24. The molecule has 0 fully saturated rings. The van der Waals surface area contributed by atoms with Crippen molar-refractivity contribution >= 4 is 23.4 Å². The summed E-state index contributed by atoms with van der Waals surface area (Å²) in [5, 5.41) is 4.56. The van der Waals surface area contributed by atoms with Crippen molar-refractivity contribution in [1.82, 2.24) is 5.32 Å². The van der Waals surface area contributed by atoms with Gasteiger partial charge in [-0.2, -0.15) is 11.8 Å². The van der Waals surface area contributed by atoms with Gasteiger partial charge in [-0.1, -0.05) is 54.1 Å². The summed E-state index contributed by atoms with van der Waals surface area (Å²) < 4.78 is 0. The molecule has 0 spiro atoms. The minimum Gasteiger partial charge on any atom is -0.303 e. The van der Waals surface area contributed by atoms with Crippen LogP contribution in [0.5, 0.6) is 0 Å². The maximum atomic E-state index is 6.29. The number of halogens is 1. The van der Waals surface area contributed by atoms with Crippen LogP contribution in [0.3, 0.4) is 0 Å². The largest absolute Gasteiger partial charge is 0.303 e. The molecule has 0 radical (unpaired) electrons. The van der Waals surface area contributed by atoms with Crippen LogP contribution in [0.4, 0.5) is 0 Å². The van der Waals surface area contributed by atoms with Gasteiger partial charge in [-0.05, 0) is 29.7 Å². The van der Waals surface area contributed by atoms with Crippen LogP contribution in [0.15, 0.2) is 48.5 Å². The quantitative estimate of drug-likeness (QED) is 0.858. The molecular formula is C17H18ClNS.